The van der Waals surface area contributed by atoms with Gasteiger partial charge in [0.25, 0.3) is 5.91 Å². The molecule has 0 heterocycles. The molecule has 2 aromatic rings. The van der Waals surface area contributed by atoms with E-state index in [-0.39, 0.29) is 16.2 Å². The van der Waals surface area contributed by atoms with Gasteiger partial charge in [-0.2, -0.15) is 0 Å². The maximum atomic E-state index is 13.5. The number of anilines is 1. The predicted octanol–water partition coefficient (Wildman–Crippen LogP) is 1.62. The van der Waals surface area contributed by atoms with Crippen molar-refractivity contribution >= 4 is 34.9 Å². The molecule has 2 N–H and O–H groups in total. The molecule has 0 radical (unpaired) electrons. The van der Waals surface area contributed by atoms with Gasteiger partial charge in [0.1, 0.15) is 5.82 Å². The van der Waals surface area contributed by atoms with Crippen LogP contribution in [-0.2, 0) is 0 Å². The molecule has 118 valence electrons. The number of amides is 1. The van der Waals surface area contributed by atoms with E-state index in [2.05, 4.69) is 10.6 Å². The minimum atomic E-state index is -1.32. The molecule has 1 amide bonds. The van der Waals surface area contributed by atoms with Crippen LogP contribution in [0.1, 0.15) is 26.3 Å². The number of carboxylic acids is 1. The van der Waals surface area contributed by atoms with Crippen molar-refractivity contribution in [2.24, 2.45) is 0 Å². The lowest BCUT2D eigenvalue weighted by Crippen LogP contribution is -2.35. The normalized spacial score (nSPS) is 10.0. The first kappa shape index (κ1) is 16.6. The minimum Gasteiger partial charge on any atom is -0.545 e. The molecule has 0 atom stereocenters. The van der Waals surface area contributed by atoms with Crippen molar-refractivity contribution < 1.29 is 19.1 Å². The Bertz CT molecular complexity index is 793. The molecule has 0 saturated heterocycles. The number of thiocarbonyl (C=S) groups is 1. The average Bonchev–Trinajstić information content (AvgIpc) is 2.49. The fraction of sp³-hybridized carbons (Fsp3) is 0.0625. The Morgan fingerprint density at radius 2 is 1.87 bits per heavy atom. The van der Waals surface area contributed by atoms with Crippen LogP contribution in [0.3, 0.4) is 0 Å². The van der Waals surface area contributed by atoms with E-state index < -0.39 is 17.7 Å². The summed E-state index contributed by atoms with van der Waals surface area (Å²) in [7, 11) is 0. The van der Waals surface area contributed by atoms with Crippen molar-refractivity contribution in [2.75, 3.05) is 5.32 Å². The van der Waals surface area contributed by atoms with Gasteiger partial charge in [0.15, 0.2) is 5.11 Å². The first-order valence-corrected chi connectivity index (χ1v) is 6.98. The average molecular weight is 331 g/mol. The van der Waals surface area contributed by atoms with Crippen LogP contribution < -0.4 is 15.7 Å². The molecule has 7 heteroatoms. The van der Waals surface area contributed by atoms with Crippen molar-refractivity contribution in [1.82, 2.24) is 5.32 Å². The number of aromatic carboxylic acids is 1. The Hall–Kier alpha value is -2.80. The van der Waals surface area contributed by atoms with Gasteiger partial charge in [-0.3, -0.25) is 10.1 Å². The van der Waals surface area contributed by atoms with Gasteiger partial charge in [-0.05, 0) is 48.5 Å². The SMILES string of the molecule is Cc1ccc(C(=O)[O-])cc1NC(=S)NC(=O)c1ccccc1F. The summed E-state index contributed by atoms with van der Waals surface area (Å²) >= 11 is 5.00. The van der Waals surface area contributed by atoms with Gasteiger partial charge in [0.2, 0.25) is 0 Å². The van der Waals surface area contributed by atoms with Crippen molar-refractivity contribution in [1.29, 1.82) is 0 Å². The molecule has 0 aliphatic rings. The van der Waals surface area contributed by atoms with E-state index in [0.717, 1.165) is 5.56 Å². The molecule has 0 bridgehead atoms. The van der Waals surface area contributed by atoms with E-state index in [4.69, 9.17) is 12.2 Å². The molecule has 0 aliphatic heterocycles. The van der Waals surface area contributed by atoms with Gasteiger partial charge in [-0.1, -0.05) is 24.3 Å². The summed E-state index contributed by atoms with van der Waals surface area (Å²) in [5, 5.41) is 15.8. The topological polar surface area (TPSA) is 81.3 Å². The van der Waals surface area contributed by atoms with Crippen LogP contribution in [0.5, 0.6) is 0 Å². The third-order valence-electron chi connectivity index (χ3n) is 3.07. The fourth-order valence-corrected chi connectivity index (χ4v) is 2.06. The zero-order chi connectivity index (χ0) is 17.0. The number of benzene rings is 2. The standard InChI is InChI=1S/C16H13FN2O3S/c1-9-6-7-10(15(21)22)8-13(9)18-16(23)19-14(20)11-4-2-3-5-12(11)17/h2-8H,1H3,(H,21,22)(H2,18,19,20,23)/p-1. The highest BCUT2D eigenvalue weighted by molar-refractivity contribution is 7.80. The van der Waals surface area contributed by atoms with Crippen LogP contribution in [-0.4, -0.2) is 17.0 Å². The van der Waals surface area contributed by atoms with Crippen molar-refractivity contribution in [3.63, 3.8) is 0 Å². The lowest BCUT2D eigenvalue weighted by atomic mass is 10.1. The molecule has 0 aliphatic carbocycles. The van der Waals surface area contributed by atoms with E-state index in [0.29, 0.717) is 5.69 Å². The van der Waals surface area contributed by atoms with E-state index in [1.54, 1.807) is 13.0 Å². The van der Waals surface area contributed by atoms with Gasteiger partial charge >= 0.3 is 0 Å². The van der Waals surface area contributed by atoms with E-state index in [1.807, 2.05) is 0 Å². The van der Waals surface area contributed by atoms with Crippen LogP contribution in [0.25, 0.3) is 0 Å². The third-order valence-corrected chi connectivity index (χ3v) is 3.27. The summed E-state index contributed by atoms with van der Waals surface area (Å²) in [4.78, 5) is 22.8. The summed E-state index contributed by atoms with van der Waals surface area (Å²) in [6, 6.07) is 9.81. The lowest BCUT2D eigenvalue weighted by Gasteiger charge is -2.13. The second kappa shape index (κ2) is 6.97. The van der Waals surface area contributed by atoms with Crippen molar-refractivity contribution in [2.45, 2.75) is 6.92 Å². The zero-order valence-corrected chi connectivity index (χ0v) is 12.9. The van der Waals surface area contributed by atoms with Crippen LogP contribution in [0.2, 0.25) is 0 Å². The van der Waals surface area contributed by atoms with Gasteiger partial charge in [0, 0.05) is 5.69 Å². The highest BCUT2D eigenvalue weighted by Gasteiger charge is 2.12. The summed E-state index contributed by atoms with van der Waals surface area (Å²) < 4.78 is 13.5. The molecule has 0 fully saturated rings. The molecular weight excluding hydrogens is 319 g/mol. The number of hydrogen-bond acceptors (Lipinski definition) is 4. The lowest BCUT2D eigenvalue weighted by molar-refractivity contribution is -0.255. The highest BCUT2D eigenvalue weighted by Crippen LogP contribution is 2.16. The molecular formula is C16H12FN2O3S-. The van der Waals surface area contributed by atoms with Crippen LogP contribution in [0.15, 0.2) is 42.5 Å². The second-order valence-electron chi connectivity index (χ2n) is 4.71. The number of halogens is 1. The smallest absolute Gasteiger partial charge is 0.260 e. The Morgan fingerprint density at radius 3 is 2.52 bits per heavy atom. The van der Waals surface area contributed by atoms with Crippen LogP contribution in [0.4, 0.5) is 10.1 Å². The largest absolute Gasteiger partial charge is 0.545 e. The molecule has 2 aromatic carbocycles. The van der Waals surface area contributed by atoms with Crippen LogP contribution in [0, 0.1) is 12.7 Å². The predicted molar refractivity (Wildman–Crippen MR) is 85.6 cm³/mol. The maximum Gasteiger partial charge on any atom is 0.260 e. The molecule has 0 unspecified atom stereocenters. The Morgan fingerprint density at radius 1 is 1.17 bits per heavy atom. The summed E-state index contributed by atoms with van der Waals surface area (Å²) in [6.07, 6.45) is 0. The number of nitrogens with one attached hydrogen (secondary N) is 2. The third kappa shape index (κ3) is 4.10. The van der Waals surface area contributed by atoms with Gasteiger partial charge in [-0.25, -0.2) is 4.39 Å². The number of carboxylic acid groups (broad SMARTS) is 1. The number of carbonyl (C=O) groups excluding carboxylic acids is 2. The molecule has 23 heavy (non-hydrogen) atoms. The summed E-state index contributed by atoms with van der Waals surface area (Å²) in [5.74, 6) is -2.69. The second-order valence-corrected chi connectivity index (χ2v) is 5.11. The molecule has 0 spiro atoms. The van der Waals surface area contributed by atoms with Crippen molar-refractivity contribution in [3.8, 4) is 0 Å². The van der Waals surface area contributed by atoms with Crippen molar-refractivity contribution in [3.05, 3.63) is 65.0 Å². The first-order chi connectivity index (χ1) is 10.9. The first-order valence-electron chi connectivity index (χ1n) is 6.57. The number of hydrogen-bond donors (Lipinski definition) is 2. The van der Waals surface area contributed by atoms with Crippen LogP contribution >= 0.6 is 12.2 Å². The highest BCUT2D eigenvalue weighted by atomic mass is 32.1. The quantitative estimate of drug-likeness (QED) is 0.836. The zero-order valence-electron chi connectivity index (χ0n) is 12.1. The maximum absolute atomic E-state index is 13.5. The number of rotatable bonds is 3. The molecule has 2 rings (SSSR count). The Balaban J connectivity index is 2.11. The number of aryl methyl sites for hydroxylation is 1. The van der Waals surface area contributed by atoms with E-state index in [9.17, 15) is 19.1 Å². The summed E-state index contributed by atoms with van der Waals surface area (Å²) in [6.45, 7) is 1.74. The van der Waals surface area contributed by atoms with Gasteiger partial charge in [-0.15, -0.1) is 0 Å². The Kier molecular flexibility index (Phi) is 5.02. The summed E-state index contributed by atoms with van der Waals surface area (Å²) in [5.41, 5.74) is 0.959. The van der Waals surface area contributed by atoms with Gasteiger partial charge < -0.3 is 15.2 Å². The van der Waals surface area contributed by atoms with E-state index in [1.165, 1.54) is 36.4 Å². The molecule has 0 saturated carbocycles. The molecule has 5 nitrogen and oxygen atoms in total. The number of carbonyl (C=O) groups is 2. The van der Waals surface area contributed by atoms with Gasteiger partial charge in [0.05, 0.1) is 11.5 Å². The fourth-order valence-electron chi connectivity index (χ4n) is 1.85. The molecule has 0 aromatic heterocycles. The monoisotopic (exact) mass is 331 g/mol. The van der Waals surface area contributed by atoms with E-state index >= 15 is 0 Å². The minimum absolute atomic E-state index is 0.0265. The Labute approximate surface area is 137 Å².